The minimum absolute atomic E-state index is 0.337. The largest absolute Gasteiger partial charge is 0.481 e. The van der Waals surface area contributed by atoms with E-state index in [0.717, 1.165) is 6.42 Å². The molecule has 5 nitrogen and oxygen atoms in total. The molecule has 1 rings (SSSR count). The number of carbonyl (C=O) groups is 2. The van der Waals surface area contributed by atoms with Crippen LogP contribution in [-0.2, 0) is 9.59 Å². The van der Waals surface area contributed by atoms with E-state index in [4.69, 9.17) is 10.2 Å². The van der Waals surface area contributed by atoms with Crippen molar-refractivity contribution in [2.75, 3.05) is 13.6 Å². The van der Waals surface area contributed by atoms with E-state index < -0.39 is 18.0 Å². The Labute approximate surface area is 108 Å². The van der Waals surface area contributed by atoms with Gasteiger partial charge < -0.3 is 10.2 Å². The Hall–Kier alpha value is -1.10. The van der Waals surface area contributed by atoms with Crippen molar-refractivity contribution < 1.29 is 19.8 Å². The number of nitrogens with zero attached hydrogens (tertiary/aromatic N) is 1. The second-order valence-corrected chi connectivity index (χ2v) is 5.23. The molecule has 5 heteroatoms. The standard InChI is InChI=1S/C13H23NO4/c1-14(11(13(17)18)9-12(15)16)8-7-10-5-3-2-4-6-10/h10-11H,2-9H2,1H3,(H,15,16)(H,17,18). The van der Waals surface area contributed by atoms with Gasteiger partial charge in [0.2, 0.25) is 0 Å². The topological polar surface area (TPSA) is 77.8 Å². The smallest absolute Gasteiger partial charge is 0.321 e. The third-order valence-electron chi connectivity index (χ3n) is 3.80. The maximum Gasteiger partial charge on any atom is 0.321 e. The summed E-state index contributed by atoms with van der Waals surface area (Å²) in [6.45, 7) is 0.662. The van der Waals surface area contributed by atoms with Gasteiger partial charge in [0.1, 0.15) is 6.04 Å². The minimum atomic E-state index is -1.06. The molecule has 0 aromatic carbocycles. The van der Waals surface area contributed by atoms with Crippen molar-refractivity contribution in [2.45, 2.75) is 51.0 Å². The van der Waals surface area contributed by atoms with Crippen molar-refractivity contribution in [3.8, 4) is 0 Å². The number of hydrogen-bond donors (Lipinski definition) is 2. The van der Waals surface area contributed by atoms with Crippen molar-refractivity contribution >= 4 is 11.9 Å². The van der Waals surface area contributed by atoms with Crippen LogP contribution in [0.2, 0.25) is 0 Å². The fourth-order valence-electron chi connectivity index (χ4n) is 2.61. The predicted molar refractivity (Wildman–Crippen MR) is 67.5 cm³/mol. The zero-order valence-electron chi connectivity index (χ0n) is 11.0. The summed E-state index contributed by atoms with van der Waals surface area (Å²) in [6.07, 6.45) is 6.94. The Morgan fingerprint density at radius 2 is 1.83 bits per heavy atom. The van der Waals surface area contributed by atoms with E-state index in [-0.39, 0.29) is 6.42 Å². The highest BCUT2D eigenvalue weighted by molar-refractivity contribution is 5.80. The lowest BCUT2D eigenvalue weighted by Crippen LogP contribution is -2.41. The maximum absolute atomic E-state index is 11.0. The summed E-state index contributed by atoms with van der Waals surface area (Å²) >= 11 is 0. The Morgan fingerprint density at radius 3 is 2.33 bits per heavy atom. The first-order valence-corrected chi connectivity index (χ1v) is 6.65. The highest BCUT2D eigenvalue weighted by atomic mass is 16.4. The fourth-order valence-corrected chi connectivity index (χ4v) is 2.61. The zero-order valence-corrected chi connectivity index (χ0v) is 11.0. The highest BCUT2D eigenvalue weighted by Crippen LogP contribution is 2.26. The molecule has 0 aliphatic heterocycles. The van der Waals surface area contributed by atoms with Crippen LogP contribution in [0.15, 0.2) is 0 Å². The van der Waals surface area contributed by atoms with E-state index in [1.807, 2.05) is 0 Å². The lowest BCUT2D eigenvalue weighted by atomic mass is 9.87. The lowest BCUT2D eigenvalue weighted by Gasteiger charge is -2.27. The number of rotatable bonds is 7. The first-order valence-electron chi connectivity index (χ1n) is 6.65. The Balaban J connectivity index is 2.37. The van der Waals surface area contributed by atoms with Gasteiger partial charge in [0.15, 0.2) is 0 Å². The van der Waals surface area contributed by atoms with E-state index in [2.05, 4.69) is 0 Å². The van der Waals surface area contributed by atoms with Crippen molar-refractivity contribution in [2.24, 2.45) is 5.92 Å². The van der Waals surface area contributed by atoms with E-state index in [1.165, 1.54) is 32.1 Å². The van der Waals surface area contributed by atoms with Gasteiger partial charge in [-0.15, -0.1) is 0 Å². The van der Waals surface area contributed by atoms with E-state index >= 15 is 0 Å². The second-order valence-electron chi connectivity index (χ2n) is 5.23. The summed E-state index contributed by atoms with van der Waals surface area (Å²) < 4.78 is 0. The molecule has 0 spiro atoms. The van der Waals surface area contributed by atoms with E-state index in [9.17, 15) is 9.59 Å². The van der Waals surface area contributed by atoms with Crippen LogP contribution >= 0.6 is 0 Å². The Morgan fingerprint density at radius 1 is 1.22 bits per heavy atom. The molecule has 0 aromatic rings. The molecule has 0 heterocycles. The van der Waals surface area contributed by atoms with Crippen LogP contribution in [-0.4, -0.2) is 46.7 Å². The number of aliphatic carboxylic acids is 2. The molecule has 1 atom stereocenters. The molecule has 18 heavy (non-hydrogen) atoms. The molecule has 104 valence electrons. The van der Waals surface area contributed by atoms with Gasteiger partial charge >= 0.3 is 11.9 Å². The van der Waals surface area contributed by atoms with Gasteiger partial charge in [0.05, 0.1) is 6.42 Å². The summed E-state index contributed by atoms with van der Waals surface area (Å²) in [5, 5.41) is 17.7. The van der Waals surface area contributed by atoms with Gasteiger partial charge in [-0.2, -0.15) is 0 Å². The maximum atomic E-state index is 11.0. The van der Waals surface area contributed by atoms with Crippen LogP contribution in [0.1, 0.15) is 44.9 Å². The quantitative estimate of drug-likeness (QED) is 0.727. The molecule has 0 aromatic heterocycles. The van der Waals surface area contributed by atoms with Crippen molar-refractivity contribution in [3.63, 3.8) is 0 Å². The first kappa shape index (κ1) is 15.0. The van der Waals surface area contributed by atoms with Gasteiger partial charge in [0.25, 0.3) is 0 Å². The van der Waals surface area contributed by atoms with Gasteiger partial charge in [-0.05, 0) is 25.9 Å². The van der Waals surface area contributed by atoms with Crippen LogP contribution < -0.4 is 0 Å². The summed E-state index contributed by atoms with van der Waals surface area (Å²) in [6, 6.07) is -0.911. The van der Waals surface area contributed by atoms with E-state index in [0.29, 0.717) is 12.5 Å². The summed E-state index contributed by atoms with van der Waals surface area (Å²) in [5.41, 5.74) is 0. The van der Waals surface area contributed by atoms with Gasteiger partial charge in [-0.25, -0.2) is 0 Å². The zero-order chi connectivity index (χ0) is 13.5. The number of hydrogen-bond acceptors (Lipinski definition) is 3. The third kappa shape index (κ3) is 5.04. The monoisotopic (exact) mass is 257 g/mol. The Bertz CT molecular complexity index is 287. The normalized spacial score (nSPS) is 18.8. The van der Waals surface area contributed by atoms with Crippen LogP contribution in [0.25, 0.3) is 0 Å². The molecular formula is C13H23NO4. The first-order chi connectivity index (χ1) is 8.50. The second kappa shape index (κ2) is 7.36. The van der Waals surface area contributed by atoms with Crippen LogP contribution in [0.4, 0.5) is 0 Å². The van der Waals surface area contributed by atoms with Crippen LogP contribution in [0.3, 0.4) is 0 Å². The van der Waals surface area contributed by atoms with Gasteiger partial charge in [-0.3, -0.25) is 14.5 Å². The number of carboxylic acid groups (broad SMARTS) is 2. The molecule has 1 aliphatic rings. The van der Waals surface area contributed by atoms with Crippen LogP contribution in [0, 0.1) is 5.92 Å². The summed E-state index contributed by atoms with van der Waals surface area (Å²) in [7, 11) is 1.70. The van der Waals surface area contributed by atoms with Crippen molar-refractivity contribution in [3.05, 3.63) is 0 Å². The van der Waals surface area contributed by atoms with Gasteiger partial charge in [-0.1, -0.05) is 32.1 Å². The average Bonchev–Trinajstić information content (AvgIpc) is 2.34. The molecule has 2 N–H and O–H groups in total. The number of carboxylic acids is 2. The van der Waals surface area contributed by atoms with Gasteiger partial charge in [0, 0.05) is 0 Å². The molecule has 0 radical (unpaired) electrons. The summed E-state index contributed by atoms with van der Waals surface area (Å²) in [5.74, 6) is -1.43. The number of likely N-dealkylation sites (N-methyl/N-ethyl adjacent to an activating group) is 1. The molecule has 1 unspecified atom stereocenters. The summed E-state index contributed by atoms with van der Waals surface area (Å²) in [4.78, 5) is 23.3. The molecule has 0 amide bonds. The van der Waals surface area contributed by atoms with E-state index in [1.54, 1.807) is 11.9 Å². The lowest BCUT2D eigenvalue weighted by molar-refractivity contribution is -0.149. The third-order valence-corrected chi connectivity index (χ3v) is 3.80. The molecule has 1 aliphatic carbocycles. The van der Waals surface area contributed by atoms with Crippen molar-refractivity contribution in [1.29, 1.82) is 0 Å². The predicted octanol–water partition coefficient (Wildman–Crippen LogP) is 1.82. The molecule has 0 bridgehead atoms. The molecule has 0 saturated heterocycles. The molecule has 1 fully saturated rings. The SMILES string of the molecule is CN(CCC1CCCCC1)C(CC(=O)O)C(=O)O. The van der Waals surface area contributed by atoms with Crippen molar-refractivity contribution in [1.82, 2.24) is 4.90 Å². The average molecular weight is 257 g/mol. The highest BCUT2D eigenvalue weighted by Gasteiger charge is 2.26. The van der Waals surface area contributed by atoms with Crippen LogP contribution in [0.5, 0.6) is 0 Å². The molecule has 1 saturated carbocycles. The Kier molecular flexibility index (Phi) is 6.12. The fraction of sp³-hybridized carbons (Fsp3) is 0.846. The minimum Gasteiger partial charge on any atom is -0.481 e. The molecular weight excluding hydrogens is 234 g/mol.